The van der Waals surface area contributed by atoms with Crippen molar-refractivity contribution in [2.45, 2.75) is 41.0 Å². The van der Waals surface area contributed by atoms with Crippen molar-refractivity contribution >= 4 is 11.0 Å². The van der Waals surface area contributed by atoms with Gasteiger partial charge in [-0.25, -0.2) is 4.98 Å². The van der Waals surface area contributed by atoms with Gasteiger partial charge in [0.2, 0.25) is 0 Å². The summed E-state index contributed by atoms with van der Waals surface area (Å²) in [4.78, 5) is 8.08. The highest BCUT2D eigenvalue weighted by molar-refractivity contribution is 5.75. The summed E-state index contributed by atoms with van der Waals surface area (Å²) < 4.78 is 0. The van der Waals surface area contributed by atoms with Gasteiger partial charge >= 0.3 is 0 Å². The Kier molecular flexibility index (Phi) is 2.98. The molecule has 2 aromatic rings. The number of nitrogens with zero attached hydrogens (tertiary/aromatic N) is 1. The average Bonchev–Trinajstić information content (AvgIpc) is 2.57. The molecule has 1 aromatic carbocycles. The molecule has 0 spiro atoms. The molecule has 92 valence electrons. The molecule has 0 aliphatic rings. The number of H-pyrrole nitrogens is 1. The minimum Gasteiger partial charge on any atom is -0.342 e. The summed E-state index contributed by atoms with van der Waals surface area (Å²) >= 11 is 0. The Hall–Kier alpha value is -1.31. The molecule has 0 saturated carbocycles. The van der Waals surface area contributed by atoms with Crippen LogP contribution in [0, 0.1) is 18.3 Å². The molecule has 1 atom stereocenters. The van der Waals surface area contributed by atoms with Crippen molar-refractivity contribution in [2.75, 3.05) is 0 Å². The second kappa shape index (κ2) is 4.17. The van der Waals surface area contributed by atoms with E-state index in [1.54, 1.807) is 0 Å². The van der Waals surface area contributed by atoms with Crippen LogP contribution in [0.25, 0.3) is 11.0 Å². The van der Waals surface area contributed by atoms with Crippen molar-refractivity contribution in [1.82, 2.24) is 9.97 Å². The van der Waals surface area contributed by atoms with Gasteiger partial charge in [0.15, 0.2) is 0 Å². The number of rotatable bonds is 2. The van der Waals surface area contributed by atoms with E-state index < -0.39 is 0 Å². The zero-order chi connectivity index (χ0) is 12.6. The number of benzene rings is 1. The molecule has 2 nitrogen and oxygen atoms in total. The number of aromatic amines is 1. The number of imidazole rings is 1. The van der Waals surface area contributed by atoms with Gasteiger partial charge in [-0.15, -0.1) is 0 Å². The third-order valence-corrected chi connectivity index (χ3v) is 3.66. The Balaban J connectivity index is 2.25. The predicted octanol–water partition coefficient (Wildman–Crippen LogP) is 4.10. The smallest absolute Gasteiger partial charge is 0.107 e. The van der Waals surface area contributed by atoms with Crippen LogP contribution < -0.4 is 0 Å². The van der Waals surface area contributed by atoms with Crippen LogP contribution in [0.15, 0.2) is 18.2 Å². The number of hydrogen-bond donors (Lipinski definition) is 1. The Morgan fingerprint density at radius 1 is 1.29 bits per heavy atom. The Bertz CT molecular complexity index is 517. The average molecular weight is 230 g/mol. The van der Waals surface area contributed by atoms with Gasteiger partial charge in [-0.05, 0) is 36.0 Å². The van der Waals surface area contributed by atoms with Gasteiger partial charge in [0.05, 0.1) is 11.0 Å². The van der Waals surface area contributed by atoms with E-state index in [1.165, 1.54) is 5.56 Å². The van der Waals surface area contributed by atoms with Crippen molar-refractivity contribution in [2.24, 2.45) is 11.3 Å². The van der Waals surface area contributed by atoms with E-state index in [9.17, 15) is 0 Å². The number of hydrogen-bond acceptors (Lipinski definition) is 1. The van der Waals surface area contributed by atoms with Gasteiger partial charge in [0, 0.05) is 6.42 Å². The maximum absolute atomic E-state index is 4.65. The van der Waals surface area contributed by atoms with Gasteiger partial charge in [0.25, 0.3) is 0 Å². The molecule has 0 saturated heterocycles. The molecule has 1 N–H and O–H groups in total. The summed E-state index contributed by atoms with van der Waals surface area (Å²) in [5, 5.41) is 0. The second-order valence-electron chi connectivity index (χ2n) is 6.18. The fraction of sp³-hybridized carbons (Fsp3) is 0.533. The van der Waals surface area contributed by atoms with Crippen LogP contribution in [0.4, 0.5) is 0 Å². The molecule has 0 bridgehead atoms. The molecule has 2 rings (SSSR count). The second-order valence-corrected chi connectivity index (χ2v) is 6.18. The predicted molar refractivity (Wildman–Crippen MR) is 73.2 cm³/mol. The summed E-state index contributed by atoms with van der Waals surface area (Å²) in [5.41, 5.74) is 3.83. The first kappa shape index (κ1) is 12.2. The van der Waals surface area contributed by atoms with Crippen LogP contribution in [-0.4, -0.2) is 9.97 Å². The highest BCUT2D eigenvalue weighted by atomic mass is 14.9. The summed E-state index contributed by atoms with van der Waals surface area (Å²) in [6.45, 7) is 11.2. The first-order chi connectivity index (χ1) is 7.86. The molecular weight excluding hydrogens is 208 g/mol. The normalized spacial score (nSPS) is 14.2. The molecule has 17 heavy (non-hydrogen) atoms. The van der Waals surface area contributed by atoms with Crippen molar-refractivity contribution in [3.63, 3.8) is 0 Å². The van der Waals surface area contributed by atoms with E-state index in [-0.39, 0.29) is 0 Å². The van der Waals surface area contributed by atoms with Crippen LogP contribution in [0.1, 0.15) is 39.1 Å². The van der Waals surface area contributed by atoms with Crippen LogP contribution in [0.5, 0.6) is 0 Å². The zero-order valence-corrected chi connectivity index (χ0v) is 11.5. The maximum Gasteiger partial charge on any atom is 0.107 e. The third kappa shape index (κ3) is 2.68. The summed E-state index contributed by atoms with van der Waals surface area (Å²) in [6.07, 6.45) is 1.01. The van der Waals surface area contributed by atoms with Crippen molar-refractivity contribution in [3.05, 3.63) is 29.6 Å². The number of fused-ring (bicyclic) bond motifs is 1. The highest BCUT2D eigenvalue weighted by Crippen LogP contribution is 2.28. The lowest BCUT2D eigenvalue weighted by atomic mass is 9.80. The van der Waals surface area contributed by atoms with Crippen molar-refractivity contribution in [1.29, 1.82) is 0 Å². The first-order valence-electron chi connectivity index (χ1n) is 6.31. The van der Waals surface area contributed by atoms with Gasteiger partial charge < -0.3 is 4.98 Å². The highest BCUT2D eigenvalue weighted by Gasteiger charge is 2.21. The molecule has 0 amide bonds. The Morgan fingerprint density at radius 3 is 2.65 bits per heavy atom. The molecule has 0 radical (unpaired) electrons. The minimum atomic E-state index is 0.328. The van der Waals surface area contributed by atoms with E-state index in [2.05, 4.69) is 62.8 Å². The maximum atomic E-state index is 4.65. The topological polar surface area (TPSA) is 28.7 Å². The molecule has 0 aliphatic carbocycles. The SMILES string of the molecule is Cc1ccc2nc(CC(C)C(C)(C)C)[nH]c2c1. The molecule has 2 heteroatoms. The van der Waals surface area contributed by atoms with Crippen LogP contribution >= 0.6 is 0 Å². The van der Waals surface area contributed by atoms with E-state index in [0.717, 1.165) is 23.3 Å². The molecule has 1 aromatic heterocycles. The van der Waals surface area contributed by atoms with E-state index in [0.29, 0.717) is 11.3 Å². The molecule has 0 aliphatic heterocycles. The van der Waals surface area contributed by atoms with Gasteiger partial charge in [-0.1, -0.05) is 33.8 Å². The minimum absolute atomic E-state index is 0.328. The monoisotopic (exact) mass is 230 g/mol. The molecule has 0 fully saturated rings. The van der Waals surface area contributed by atoms with Gasteiger partial charge in [-0.2, -0.15) is 0 Å². The van der Waals surface area contributed by atoms with Gasteiger partial charge in [0.1, 0.15) is 5.82 Å². The van der Waals surface area contributed by atoms with Crippen LogP contribution in [-0.2, 0) is 6.42 Å². The quantitative estimate of drug-likeness (QED) is 0.826. The summed E-state index contributed by atoms with van der Waals surface area (Å²) in [6, 6.07) is 6.36. The number of nitrogens with one attached hydrogen (secondary N) is 1. The van der Waals surface area contributed by atoms with E-state index in [1.807, 2.05) is 0 Å². The largest absolute Gasteiger partial charge is 0.342 e. The molecular formula is C15H22N2. The zero-order valence-electron chi connectivity index (χ0n) is 11.5. The fourth-order valence-corrected chi connectivity index (χ4v) is 1.87. The number of aryl methyl sites for hydroxylation is 1. The van der Waals surface area contributed by atoms with Crippen LogP contribution in [0.3, 0.4) is 0 Å². The number of aromatic nitrogens is 2. The first-order valence-corrected chi connectivity index (χ1v) is 6.31. The van der Waals surface area contributed by atoms with Crippen LogP contribution in [0.2, 0.25) is 0 Å². The van der Waals surface area contributed by atoms with E-state index >= 15 is 0 Å². The van der Waals surface area contributed by atoms with Crippen molar-refractivity contribution < 1.29 is 0 Å². The lowest BCUT2D eigenvalue weighted by Gasteiger charge is -2.26. The third-order valence-electron chi connectivity index (χ3n) is 3.66. The molecule has 1 unspecified atom stereocenters. The van der Waals surface area contributed by atoms with Gasteiger partial charge in [-0.3, -0.25) is 0 Å². The summed E-state index contributed by atoms with van der Waals surface area (Å²) in [7, 11) is 0. The lowest BCUT2D eigenvalue weighted by molar-refractivity contribution is 0.257. The standard InChI is InChI=1S/C15H22N2/c1-10-6-7-12-13(8-10)17-14(16-12)9-11(2)15(3,4)5/h6-8,11H,9H2,1-5H3,(H,16,17). The Morgan fingerprint density at radius 2 is 2.00 bits per heavy atom. The lowest BCUT2D eigenvalue weighted by Crippen LogP contribution is -2.19. The Labute approximate surface area is 103 Å². The molecule has 1 heterocycles. The van der Waals surface area contributed by atoms with E-state index in [4.69, 9.17) is 0 Å². The fourth-order valence-electron chi connectivity index (χ4n) is 1.87. The summed E-state index contributed by atoms with van der Waals surface area (Å²) in [5.74, 6) is 1.72. The van der Waals surface area contributed by atoms with Crippen molar-refractivity contribution in [3.8, 4) is 0 Å².